The average Bonchev–Trinajstić information content (AvgIpc) is 2.69. The van der Waals surface area contributed by atoms with Crippen LogP contribution in [0.25, 0.3) is 11.0 Å². The van der Waals surface area contributed by atoms with Crippen LogP contribution in [0.4, 0.5) is 5.69 Å². The van der Waals surface area contributed by atoms with Crippen LogP contribution in [0.3, 0.4) is 0 Å². The van der Waals surface area contributed by atoms with Gasteiger partial charge >= 0.3 is 0 Å². The molecular weight excluding hydrogens is 262 g/mol. The van der Waals surface area contributed by atoms with Gasteiger partial charge in [0.1, 0.15) is 9.84 Å². The van der Waals surface area contributed by atoms with Gasteiger partial charge in [-0.1, -0.05) is 0 Å². The number of thioether (sulfide) groups is 1. The van der Waals surface area contributed by atoms with Crippen LogP contribution in [-0.2, 0) is 9.84 Å². The summed E-state index contributed by atoms with van der Waals surface area (Å²) in [6.07, 6.45) is 1.21. The highest BCUT2D eigenvalue weighted by molar-refractivity contribution is 8.00. The quantitative estimate of drug-likeness (QED) is 0.653. The average molecular weight is 273 g/mol. The van der Waals surface area contributed by atoms with Gasteiger partial charge in [0.25, 0.3) is 0 Å². The van der Waals surface area contributed by atoms with Crippen molar-refractivity contribution < 1.29 is 13.0 Å². The summed E-state index contributed by atoms with van der Waals surface area (Å²) in [6.45, 7) is 0. The fourth-order valence-electron chi connectivity index (χ4n) is 1.28. The van der Waals surface area contributed by atoms with Gasteiger partial charge in [0.2, 0.25) is 0 Å². The molecule has 6 nitrogen and oxygen atoms in total. The van der Waals surface area contributed by atoms with Gasteiger partial charge in [-0.25, -0.2) is 13.0 Å². The Morgan fingerprint density at radius 2 is 2.06 bits per heavy atom. The number of hydrogen-bond acceptors (Lipinski definition) is 7. The second-order valence-electron chi connectivity index (χ2n) is 3.59. The molecule has 0 aliphatic rings. The Balaban J connectivity index is 2.19. The molecule has 8 heteroatoms. The smallest absolute Gasteiger partial charge is 0.159 e. The summed E-state index contributed by atoms with van der Waals surface area (Å²) in [5.41, 5.74) is 7.28. The topological polar surface area (TPSA) is 99.1 Å². The van der Waals surface area contributed by atoms with E-state index in [1.54, 1.807) is 12.1 Å². The van der Waals surface area contributed by atoms with Crippen LogP contribution < -0.4 is 5.73 Å². The van der Waals surface area contributed by atoms with Crippen LogP contribution in [0.5, 0.6) is 0 Å². The van der Waals surface area contributed by atoms with Crippen LogP contribution in [0, 0.1) is 0 Å². The van der Waals surface area contributed by atoms with E-state index in [0.29, 0.717) is 22.5 Å². The highest BCUT2D eigenvalue weighted by Crippen LogP contribution is 2.29. The molecule has 0 unspecified atom stereocenters. The highest BCUT2D eigenvalue weighted by atomic mass is 32.2. The van der Waals surface area contributed by atoms with E-state index >= 15 is 0 Å². The lowest BCUT2D eigenvalue weighted by Crippen LogP contribution is -2.04. The lowest BCUT2D eigenvalue weighted by molar-refractivity contribution is 0.315. The van der Waals surface area contributed by atoms with E-state index in [2.05, 4.69) is 14.9 Å². The summed E-state index contributed by atoms with van der Waals surface area (Å²) in [5, 5.41) is 7.45. The first kappa shape index (κ1) is 12.2. The van der Waals surface area contributed by atoms with Gasteiger partial charge in [-0.05, 0) is 22.4 Å². The van der Waals surface area contributed by atoms with Gasteiger partial charge in [0.05, 0.1) is 11.4 Å². The Labute approximate surface area is 102 Å². The van der Waals surface area contributed by atoms with Gasteiger partial charge < -0.3 is 5.73 Å². The summed E-state index contributed by atoms with van der Waals surface area (Å²) >= 11 is 1.39. The van der Waals surface area contributed by atoms with E-state index in [4.69, 9.17) is 5.73 Å². The Morgan fingerprint density at radius 1 is 1.35 bits per heavy atom. The summed E-state index contributed by atoms with van der Waals surface area (Å²) < 4.78 is 26.6. The third kappa shape index (κ3) is 2.89. The summed E-state index contributed by atoms with van der Waals surface area (Å²) in [5.74, 6) is 0.583. The molecule has 0 saturated heterocycles. The number of hydrogen-bond donors (Lipinski definition) is 1. The second kappa shape index (κ2) is 4.53. The van der Waals surface area contributed by atoms with Crippen LogP contribution in [0.2, 0.25) is 0 Å². The first-order valence-electron chi connectivity index (χ1n) is 4.78. The molecule has 17 heavy (non-hydrogen) atoms. The minimum Gasteiger partial charge on any atom is -0.397 e. The Kier molecular flexibility index (Phi) is 3.25. The van der Waals surface area contributed by atoms with Crippen molar-refractivity contribution in [3.63, 3.8) is 0 Å². The maximum Gasteiger partial charge on any atom is 0.159 e. The van der Waals surface area contributed by atoms with Crippen molar-refractivity contribution in [1.82, 2.24) is 10.3 Å². The SMILES string of the molecule is CS(=O)(=O)CCSc1ccc(N)c2nonc12. The molecule has 0 saturated carbocycles. The first-order chi connectivity index (χ1) is 7.97. The molecule has 0 aliphatic carbocycles. The normalized spacial score (nSPS) is 12.1. The molecule has 1 heterocycles. The lowest BCUT2D eigenvalue weighted by Gasteiger charge is -2.01. The molecule has 0 spiro atoms. The fraction of sp³-hybridized carbons (Fsp3) is 0.333. The highest BCUT2D eigenvalue weighted by Gasteiger charge is 2.11. The van der Waals surface area contributed by atoms with Gasteiger partial charge in [-0.2, -0.15) is 0 Å². The molecule has 1 aromatic heterocycles. The van der Waals surface area contributed by atoms with Crippen molar-refractivity contribution >= 4 is 38.3 Å². The zero-order valence-electron chi connectivity index (χ0n) is 9.08. The number of aromatic nitrogens is 2. The zero-order valence-corrected chi connectivity index (χ0v) is 10.7. The number of benzene rings is 1. The van der Waals surface area contributed by atoms with Crippen molar-refractivity contribution in [2.24, 2.45) is 0 Å². The van der Waals surface area contributed by atoms with Gasteiger partial charge in [-0.15, -0.1) is 11.8 Å². The van der Waals surface area contributed by atoms with Gasteiger partial charge in [0.15, 0.2) is 11.0 Å². The van der Waals surface area contributed by atoms with Crippen LogP contribution >= 0.6 is 11.8 Å². The number of nitrogen functional groups attached to an aromatic ring is 1. The number of sulfone groups is 1. The molecule has 1 aromatic carbocycles. The van der Waals surface area contributed by atoms with E-state index in [0.717, 1.165) is 4.90 Å². The Hall–Kier alpha value is -1.28. The molecule has 2 aromatic rings. The number of nitrogens with zero attached hydrogens (tertiary/aromatic N) is 2. The lowest BCUT2D eigenvalue weighted by atomic mass is 10.3. The van der Waals surface area contributed by atoms with E-state index in [-0.39, 0.29) is 5.75 Å². The van der Waals surface area contributed by atoms with Crippen LogP contribution in [-0.4, -0.2) is 36.5 Å². The Morgan fingerprint density at radius 3 is 2.76 bits per heavy atom. The molecule has 2 rings (SSSR count). The second-order valence-corrected chi connectivity index (χ2v) is 6.99. The van der Waals surface area contributed by atoms with Crippen LogP contribution in [0.1, 0.15) is 0 Å². The monoisotopic (exact) mass is 273 g/mol. The van der Waals surface area contributed by atoms with Crippen molar-refractivity contribution in [2.45, 2.75) is 4.90 Å². The summed E-state index contributed by atoms with van der Waals surface area (Å²) in [4.78, 5) is 0.819. The van der Waals surface area contributed by atoms with E-state index in [1.165, 1.54) is 18.0 Å². The third-order valence-corrected chi connectivity index (χ3v) is 4.37. The molecule has 0 amide bonds. The minimum atomic E-state index is -2.95. The Bertz CT molecular complexity index is 636. The number of nitrogens with two attached hydrogens (primary N) is 1. The van der Waals surface area contributed by atoms with Crippen molar-refractivity contribution in [2.75, 3.05) is 23.5 Å². The molecule has 0 fully saturated rings. The van der Waals surface area contributed by atoms with E-state index < -0.39 is 9.84 Å². The minimum absolute atomic E-state index is 0.120. The largest absolute Gasteiger partial charge is 0.397 e. The number of anilines is 1. The molecular formula is C9H11N3O3S2. The van der Waals surface area contributed by atoms with Crippen molar-refractivity contribution in [3.8, 4) is 0 Å². The molecule has 92 valence electrons. The summed E-state index contributed by atoms with van der Waals surface area (Å²) in [6, 6.07) is 3.49. The maximum absolute atomic E-state index is 11.0. The van der Waals surface area contributed by atoms with Gasteiger partial charge in [0, 0.05) is 16.9 Å². The van der Waals surface area contributed by atoms with Crippen LogP contribution in [0.15, 0.2) is 21.7 Å². The standard InChI is InChI=1S/C9H11N3O3S2/c1-17(13,14)5-4-16-7-3-2-6(10)8-9(7)12-15-11-8/h2-3H,4-5,10H2,1H3. The molecule has 0 bridgehead atoms. The molecule has 2 N–H and O–H groups in total. The zero-order chi connectivity index (χ0) is 12.5. The third-order valence-electron chi connectivity index (χ3n) is 2.12. The summed E-state index contributed by atoms with van der Waals surface area (Å²) in [7, 11) is -2.95. The van der Waals surface area contributed by atoms with Crippen molar-refractivity contribution in [3.05, 3.63) is 12.1 Å². The van der Waals surface area contributed by atoms with E-state index in [9.17, 15) is 8.42 Å². The molecule has 0 aliphatic heterocycles. The van der Waals surface area contributed by atoms with Crippen molar-refractivity contribution in [1.29, 1.82) is 0 Å². The first-order valence-corrected chi connectivity index (χ1v) is 7.83. The fourth-order valence-corrected chi connectivity index (χ4v) is 3.48. The number of fused-ring (bicyclic) bond motifs is 1. The molecule has 0 radical (unpaired) electrons. The van der Waals surface area contributed by atoms with Gasteiger partial charge in [-0.3, -0.25) is 0 Å². The predicted octanol–water partition coefficient (Wildman–Crippen LogP) is 0.942. The maximum atomic E-state index is 11.0. The number of rotatable bonds is 4. The predicted molar refractivity (Wildman–Crippen MR) is 66.7 cm³/mol. The van der Waals surface area contributed by atoms with E-state index in [1.807, 2.05) is 0 Å². The molecule has 0 atom stereocenters.